The van der Waals surface area contributed by atoms with Crippen molar-refractivity contribution in [1.82, 2.24) is 10.3 Å². The van der Waals surface area contributed by atoms with E-state index in [1.165, 1.54) is 0 Å². The van der Waals surface area contributed by atoms with E-state index in [2.05, 4.69) is 10.3 Å². The van der Waals surface area contributed by atoms with Gasteiger partial charge in [-0.15, -0.1) is 0 Å². The largest absolute Gasteiger partial charge is 0.464 e. The van der Waals surface area contributed by atoms with Crippen LogP contribution in [0.3, 0.4) is 0 Å². The number of ether oxygens (including phenoxy) is 1. The lowest BCUT2D eigenvalue weighted by Crippen LogP contribution is -2.39. The van der Waals surface area contributed by atoms with Gasteiger partial charge in [0.15, 0.2) is 0 Å². The van der Waals surface area contributed by atoms with E-state index >= 15 is 0 Å². The lowest BCUT2D eigenvalue weighted by molar-refractivity contribution is -0.144. The molecular weight excluding hydrogens is 220 g/mol. The number of aromatic nitrogens is 1. The molecule has 0 bridgehead atoms. The Kier molecular flexibility index (Phi) is 4.63. The van der Waals surface area contributed by atoms with Crippen molar-refractivity contribution in [2.75, 3.05) is 6.61 Å². The summed E-state index contributed by atoms with van der Waals surface area (Å²) in [7, 11) is 0. The minimum atomic E-state index is -0.657. The number of nitrogens with zero attached hydrogens (tertiary/aromatic N) is 1. The Morgan fingerprint density at radius 1 is 1.53 bits per heavy atom. The monoisotopic (exact) mass is 236 g/mol. The second-order valence-electron chi connectivity index (χ2n) is 3.63. The third-order valence-electron chi connectivity index (χ3n) is 2.15. The molecule has 1 aromatic heterocycles. The number of aryl methyl sites for hydroxylation is 1. The number of hydrogen-bond donors (Lipinski definition) is 1. The molecule has 1 amide bonds. The van der Waals surface area contributed by atoms with E-state index in [-0.39, 0.29) is 5.91 Å². The lowest BCUT2D eigenvalue weighted by atomic mass is 10.2. The zero-order chi connectivity index (χ0) is 12.8. The molecule has 0 aliphatic carbocycles. The third-order valence-corrected chi connectivity index (χ3v) is 2.15. The maximum atomic E-state index is 11.8. The number of amides is 1. The Hall–Kier alpha value is -1.91. The minimum absolute atomic E-state index is 0.299. The minimum Gasteiger partial charge on any atom is -0.464 e. The molecule has 92 valence electrons. The van der Waals surface area contributed by atoms with Crippen molar-refractivity contribution >= 4 is 11.9 Å². The molecule has 1 N–H and O–H groups in total. The molecule has 0 saturated heterocycles. The van der Waals surface area contributed by atoms with Crippen LogP contribution in [0.25, 0.3) is 0 Å². The van der Waals surface area contributed by atoms with Crippen LogP contribution >= 0.6 is 0 Å². The van der Waals surface area contributed by atoms with Crippen LogP contribution in [0.15, 0.2) is 18.3 Å². The maximum Gasteiger partial charge on any atom is 0.328 e. The molecule has 0 saturated carbocycles. The number of rotatable bonds is 4. The molecule has 0 radical (unpaired) electrons. The predicted octanol–water partition coefficient (Wildman–Crippen LogP) is 1.07. The Morgan fingerprint density at radius 2 is 2.24 bits per heavy atom. The summed E-state index contributed by atoms with van der Waals surface area (Å²) < 4.78 is 4.80. The summed E-state index contributed by atoms with van der Waals surface area (Å²) in [5.74, 6) is -0.748. The lowest BCUT2D eigenvalue weighted by Gasteiger charge is -2.12. The van der Waals surface area contributed by atoms with Crippen LogP contribution in [0.4, 0.5) is 0 Å². The van der Waals surface area contributed by atoms with E-state index < -0.39 is 12.0 Å². The average Bonchev–Trinajstić information content (AvgIpc) is 2.29. The molecule has 0 spiro atoms. The summed E-state index contributed by atoms with van der Waals surface area (Å²) >= 11 is 0. The fraction of sp³-hybridized carbons (Fsp3) is 0.417. The van der Waals surface area contributed by atoms with E-state index in [4.69, 9.17) is 4.74 Å². The predicted molar refractivity (Wildman–Crippen MR) is 62.5 cm³/mol. The highest BCUT2D eigenvalue weighted by Gasteiger charge is 2.17. The second kappa shape index (κ2) is 5.98. The highest BCUT2D eigenvalue weighted by atomic mass is 16.5. The van der Waals surface area contributed by atoms with Gasteiger partial charge < -0.3 is 10.1 Å². The van der Waals surface area contributed by atoms with Crippen LogP contribution in [0.2, 0.25) is 0 Å². The molecule has 17 heavy (non-hydrogen) atoms. The summed E-state index contributed by atoms with van der Waals surface area (Å²) in [6.45, 7) is 5.40. The Morgan fingerprint density at radius 3 is 2.82 bits per heavy atom. The van der Waals surface area contributed by atoms with Gasteiger partial charge in [0, 0.05) is 17.5 Å². The zero-order valence-corrected chi connectivity index (χ0v) is 10.2. The second-order valence-corrected chi connectivity index (χ2v) is 3.63. The van der Waals surface area contributed by atoms with Gasteiger partial charge >= 0.3 is 5.97 Å². The molecular formula is C12H16N2O3. The van der Waals surface area contributed by atoms with Crippen LogP contribution < -0.4 is 5.32 Å². The normalized spacial score (nSPS) is 11.7. The fourth-order valence-corrected chi connectivity index (χ4v) is 1.29. The van der Waals surface area contributed by atoms with Gasteiger partial charge in [-0.05, 0) is 32.9 Å². The first-order valence-corrected chi connectivity index (χ1v) is 5.44. The highest BCUT2D eigenvalue weighted by Crippen LogP contribution is 2.01. The van der Waals surface area contributed by atoms with Gasteiger partial charge in [0.2, 0.25) is 0 Å². The van der Waals surface area contributed by atoms with Crippen molar-refractivity contribution in [3.63, 3.8) is 0 Å². The van der Waals surface area contributed by atoms with E-state index in [9.17, 15) is 9.59 Å². The quantitative estimate of drug-likeness (QED) is 0.794. The van der Waals surface area contributed by atoms with Gasteiger partial charge in [-0.25, -0.2) is 4.79 Å². The Balaban J connectivity index is 2.63. The van der Waals surface area contributed by atoms with Crippen molar-refractivity contribution in [3.05, 3.63) is 29.6 Å². The maximum absolute atomic E-state index is 11.8. The summed E-state index contributed by atoms with van der Waals surface area (Å²) in [6.07, 6.45) is 1.55. The number of nitrogens with one attached hydrogen (secondary N) is 1. The first-order chi connectivity index (χ1) is 8.04. The molecule has 1 atom stereocenters. The number of carbonyl (C=O) groups is 2. The molecule has 5 nitrogen and oxygen atoms in total. The topological polar surface area (TPSA) is 68.3 Å². The van der Waals surface area contributed by atoms with E-state index in [1.807, 2.05) is 0 Å². The molecule has 0 aromatic carbocycles. The van der Waals surface area contributed by atoms with Crippen LogP contribution in [0.1, 0.15) is 29.9 Å². The SMILES string of the molecule is CCOC(=O)C(C)NC(=O)c1ccnc(C)c1. The number of pyridine rings is 1. The van der Waals surface area contributed by atoms with Crippen molar-refractivity contribution in [1.29, 1.82) is 0 Å². The molecule has 1 rings (SSSR count). The van der Waals surface area contributed by atoms with E-state index in [1.54, 1.807) is 39.1 Å². The third kappa shape index (κ3) is 3.86. The van der Waals surface area contributed by atoms with Gasteiger partial charge in [0.1, 0.15) is 6.04 Å². The first-order valence-electron chi connectivity index (χ1n) is 5.44. The molecule has 1 unspecified atom stereocenters. The number of carbonyl (C=O) groups excluding carboxylic acids is 2. The molecule has 1 heterocycles. The standard InChI is InChI=1S/C12H16N2O3/c1-4-17-12(16)9(3)14-11(15)10-5-6-13-8(2)7-10/h5-7,9H,4H2,1-3H3,(H,14,15). The van der Waals surface area contributed by atoms with Crippen molar-refractivity contribution in [2.45, 2.75) is 26.8 Å². The van der Waals surface area contributed by atoms with Gasteiger partial charge in [0.25, 0.3) is 5.91 Å². The van der Waals surface area contributed by atoms with E-state index in [0.717, 1.165) is 5.69 Å². The summed E-state index contributed by atoms with van der Waals surface area (Å²) in [6, 6.07) is 2.60. The molecule has 1 aromatic rings. The Bertz CT molecular complexity index is 418. The average molecular weight is 236 g/mol. The zero-order valence-electron chi connectivity index (χ0n) is 10.2. The van der Waals surface area contributed by atoms with Crippen LogP contribution in [-0.4, -0.2) is 29.5 Å². The van der Waals surface area contributed by atoms with Crippen LogP contribution in [0, 0.1) is 6.92 Å². The summed E-state index contributed by atoms with van der Waals surface area (Å²) in [4.78, 5) is 27.1. The van der Waals surface area contributed by atoms with Crippen molar-refractivity contribution in [3.8, 4) is 0 Å². The Labute approximate surface area is 100 Å². The molecule has 0 fully saturated rings. The smallest absolute Gasteiger partial charge is 0.328 e. The van der Waals surface area contributed by atoms with Gasteiger partial charge in [-0.2, -0.15) is 0 Å². The van der Waals surface area contributed by atoms with Crippen LogP contribution in [-0.2, 0) is 9.53 Å². The van der Waals surface area contributed by atoms with Gasteiger partial charge in [0.05, 0.1) is 6.61 Å². The first kappa shape index (κ1) is 13.2. The summed E-state index contributed by atoms with van der Waals surface area (Å²) in [5.41, 5.74) is 1.23. The fourth-order valence-electron chi connectivity index (χ4n) is 1.29. The molecule has 0 aliphatic rings. The van der Waals surface area contributed by atoms with Gasteiger partial charge in [-0.1, -0.05) is 0 Å². The number of hydrogen-bond acceptors (Lipinski definition) is 4. The van der Waals surface area contributed by atoms with Crippen LogP contribution in [0.5, 0.6) is 0 Å². The summed E-state index contributed by atoms with van der Waals surface area (Å²) in [5, 5.41) is 2.57. The van der Waals surface area contributed by atoms with Gasteiger partial charge in [-0.3, -0.25) is 9.78 Å². The van der Waals surface area contributed by atoms with Crippen molar-refractivity contribution in [2.24, 2.45) is 0 Å². The molecule has 0 aliphatic heterocycles. The van der Waals surface area contributed by atoms with E-state index in [0.29, 0.717) is 12.2 Å². The molecule has 5 heteroatoms. The highest BCUT2D eigenvalue weighted by molar-refractivity contribution is 5.96. The number of esters is 1. The van der Waals surface area contributed by atoms with Crippen molar-refractivity contribution < 1.29 is 14.3 Å².